The van der Waals surface area contributed by atoms with Crippen molar-refractivity contribution in [2.24, 2.45) is 0 Å². The number of hydrogen-bond donors (Lipinski definition) is 1. The van der Waals surface area contributed by atoms with Gasteiger partial charge in [0.05, 0.1) is 19.5 Å². The Balaban J connectivity index is 1.74. The van der Waals surface area contributed by atoms with Crippen LogP contribution in [0.4, 0.5) is 5.82 Å². The van der Waals surface area contributed by atoms with Gasteiger partial charge in [-0.05, 0) is 12.1 Å². The molecule has 8 heteroatoms. The summed E-state index contributed by atoms with van der Waals surface area (Å²) in [4.78, 5) is 28.1. The number of nitrogens with zero attached hydrogens (tertiary/aromatic N) is 4. The quantitative estimate of drug-likeness (QED) is 0.769. The number of pyridine rings is 2. The maximum atomic E-state index is 12.3. The lowest BCUT2D eigenvalue weighted by atomic mass is 10.3. The van der Waals surface area contributed by atoms with Gasteiger partial charge in [-0.1, -0.05) is 0 Å². The van der Waals surface area contributed by atoms with E-state index in [1.807, 2.05) is 0 Å². The van der Waals surface area contributed by atoms with E-state index < -0.39 is 5.91 Å². The van der Waals surface area contributed by atoms with Gasteiger partial charge >= 0.3 is 0 Å². The predicted octanol–water partition coefficient (Wildman–Crippen LogP) is 2.32. The number of aromatic nitrogens is 4. The highest BCUT2D eigenvalue weighted by Crippen LogP contribution is 2.20. The molecule has 0 aliphatic heterocycles. The third-order valence-electron chi connectivity index (χ3n) is 2.95. The molecule has 3 aromatic rings. The van der Waals surface area contributed by atoms with Crippen LogP contribution >= 0.6 is 0 Å². The highest BCUT2D eigenvalue weighted by molar-refractivity contribution is 6.02. The molecule has 0 aromatic carbocycles. The SMILES string of the molecule is COc1ccnc(NC(=O)c2cc(Oc3cncnc3)ccn2)c1. The zero-order chi connectivity index (χ0) is 16.8. The Hall–Kier alpha value is -3.55. The predicted molar refractivity (Wildman–Crippen MR) is 85.1 cm³/mol. The van der Waals surface area contributed by atoms with Crippen molar-refractivity contribution in [3.8, 4) is 17.2 Å². The van der Waals surface area contributed by atoms with Gasteiger partial charge in [-0.25, -0.2) is 15.0 Å². The van der Waals surface area contributed by atoms with Gasteiger partial charge in [0.25, 0.3) is 5.91 Å². The van der Waals surface area contributed by atoms with Gasteiger partial charge in [0, 0.05) is 24.5 Å². The molecule has 0 bridgehead atoms. The van der Waals surface area contributed by atoms with Crippen LogP contribution in [0.15, 0.2) is 55.4 Å². The Morgan fingerprint density at radius 3 is 2.54 bits per heavy atom. The maximum Gasteiger partial charge on any atom is 0.275 e. The minimum absolute atomic E-state index is 0.189. The monoisotopic (exact) mass is 323 g/mol. The van der Waals surface area contributed by atoms with Crippen LogP contribution in [0.3, 0.4) is 0 Å². The fourth-order valence-corrected chi connectivity index (χ4v) is 1.86. The molecular weight excluding hydrogens is 310 g/mol. The van der Waals surface area contributed by atoms with E-state index in [4.69, 9.17) is 9.47 Å². The molecule has 3 aromatic heterocycles. The maximum absolute atomic E-state index is 12.3. The third kappa shape index (κ3) is 3.80. The number of carbonyl (C=O) groups excluding carboxylic acids is 1. The van der Waals surface area contributed by atoms with Crippen LogP contribution in [0, 0.1) is 0 Å². The highest BCUT2D eigenvalue weighted by Gasteiger charge is 2.10. The number of rotatable bonds is 5. The molecule has 0 saturated heterocycles. The summed E-state index contributed by atoms with van der Waals surface area (Å²) in [5.41, 5.74) is 0.189. The van der Waals surface area contributed by atoms with Crippen LogP contribution in [0.5, 0.6) is 17.2 Å². The normalized spacial score (nSPS) is 10.0. The summed E-state index contributed by atoms with van der Waals surface area (Å²) in [5.74, 6) is 1.46. The first-order valence-corrected chi connectivity index (χ1v) is 6.95. The van der Waals surface area contributed by atoms with Gasteiger partial charge < -0.3 is 14.8 Å². The van der Waals surface area contributed by atoms with Crippen LogP contribution in [0.25, 0.3) is 0 Å². The number of anilines is 1. The zero-order valence-corrected chi connectivity index (χ0v) is 12.7. The van der Waals surface area contributed by atoms with Crippen LogP contribution in [-0.2, 0) is 0 Å². The van der Waals surface area contributed by atoms with Crippen LogP contribution in [0.1, 0.15) is 10.5 Å². The van der Waals surface area contributed by atoms with Gasteiger partial charge in [0.2, 0.25) is 0 Å². The molecular formula is C16H13N5O3. The summed E-state index contributed by atoms with van der Waals surface area (Å²) in [5, 5.41) is 2.65. The topological polar surface area (TPSA) is 99.1 Å². The second-order valence-corrected chi connectivity index (χ2v) is 4.59. The second-order valence-electron chi connectivity index (χ2n) is 4.59. The summed E-state index contributed by atoms with van der Waals surface area (Å²) in [7, 11) is 1.54. The summed E-state index contributed by atoms with van der Waals surface area (Å²) < 4.78 is 10.7. The Labute approximate surface area is 137 Å². The molecule has 0 saturated carbocycles. The molecule has 0 spiro atoms. The van der Waals surface area contributed by atoms with Gasteiger partial charge in [0.15, 0.2) is 5.75 Å². The molecule has 1 amide bonds. The van der Waals surface area contributed by atoms with Crippen LogP contribution < -0.4 is 14.8 Å². The lowest BCUT2D eigenvalue weighted by Gasteiger charge is -2.07. The summed E-state index contributed by atoms with van der Waals surface area (Å²) >= 11 is 0. The molecule has 1 N–H and O–H groups in total. The van der Waals surface area contributed by atoms with E-state index in [0.717, 1.165) is 0 Å². The van der Waals surface area contributed by atoms with Crippen molar-refractivity contribution in [1.29, 1.82) is 0 Å². The summed E-state index contributed by atoms with van der Waals surface area (Å²) in [6, 6.07) is 6.44. The minimum atomic E-state index is -0.412. The number of ether oxygens (including phenoxy) is 2. The Bertz CT molecular complexity index is 842. The van der Waals surface area contributed by atoms with Crippen molar-refractivity contribution in [1.82, 2.24) is 19.9 Å². The lowest BCUT2D eigenvalue weighted by molar-refractivity contribution is 0.102. The first-order valence-electron chi connectivity index (χ1n) is 6.95. The summed E-state index contributed by atoms with van der Waals surface area (Å²) in [6.07, 6.45) is 7.46. The molecule has 0 aliphatic carbocycles. The molecule has 3 heterocycles. The van der Waals surface area contributed by atoms with Crippen molar-refractivity contribution in [3.05, 3.63) is 61.1 Å². The average molecular weight is 323 g/mol. The summed E-state index contributed by atoms with van der Waals surface area (Å²) in [6.45, 7) is 0. The van der Waals surface area contributed by atoms with E-state index in [0.29, 0.717) is 23.1 Å². The van der Waals surface area contributed by atoms with Gasteiger partial charge in [-0.15, -0.1) is 0 Å². The number of methoxy groups -OCH3 is 1. The highest BCUT2D eigenvalue weighted by atomic mass is 16.5. The molecule has 0 atom stereocenters. The number of hydrogen-bond acceptors (Lipinski definition) is 7. The lowest BCUT2D eigenvalue weighted by Crippen LogP contribution is -2.14. The molecule has 0 unspecified atom stereocenters. The second kappa shape index (κ2) is 7.14. The number of carbonyl (C=O) groups is 1. The molecule has 3 rings (SSSR count). The zero-order valence-electron chi connectivity index (χ0n) is 12.7. The first-order chi connectivity index (χ1) is 11.7. The van der Waals surface area contributed by atoms with E-state index in [1.165, 1.54) is 44.3 Å². The van der Waals surface area contributed by atoms with Crippen molar-refractivity contribution >= 4 is 11.7 Å². The Kier molecular flexibility index (Phi) is 4.57. The molecule has 8 nitrogen and oxygen atoms in total. The van der Waals surface area contributed by atoms with Gasteiger partial charge in [-0.2, -0.15) is 0 Å². The van der Waals surface area contributed by atoms with E-state index in [2.05, 4.69) is 25.3 Å². The van der Waals surface area contributed by atoms with E-state index in [-0.39, 0.29) is 5.69 Å². The first kappa shape index (κ1) is 15.3. The Morgan fingerprint density at radius 2 is 1.75 bits per heavy atom. The average Bonchev–Trinajstić information content (AvgIpc) is 2.63. The van der Waals surface area contributed by atoms with Crippen molar-refractivity contribution in [2.45, 2.75) is 0 Å². The molecule has 120 valence electrons. The Morgan fingerprint density at radius 1 is 1.00 bits per heavy atom. The number of nitrogens with one attached hydrogen (secondary N) is 1. The van der Waals surface area contributed by atoms with Crippen LogP contribution in [-0.4, -0.2) is 33.0 Å². The fraction of sp³-hybridized carbons (Fsp3) is 0.0625. The van der Waals surface area contributed by atoms with E-state index in [1.54, 1.807) is 18.2 Å². The van der Waals surface area contributed by atoms with E-state index >= 15 is 0 Å². The molecule has 0 radical (unpaired) electrons. The molecule has 0 fully saturated rings. The van der Waals surface area contributed by atoms with Gasteiger partial charge in [0.1, 0.15) is 29.3 Å². The minimum Gasteiger partial charge on any atom is -0.497 e. The van der Waals surface area contributed by atoms with Crippen molar-refractivity contribution in [3.63, 3.8) is 0 Å². The molecule has 24 heavy (non-hydrogen) atoms. The van der Waals surface area contributed by atoms with Crippen LogP contribution in [0.2, 0.25) is 0 Å². The smallest absolute Gasteiger partial charge is 0.275 e. The van der Waals surface area contributed by atoms with Crippen molar-refractivity contribution < 1.29 is 14.3 Å². The third-order valence-corrected chi connectivity index (χ3v) is 2.95. The van der Waals surface area contributed by atoms with E-state index in [9.17, 15) is 4.79 Å². The largest absolute Gasteiger partial charge is 0.497 e. The van der Waals surface area contributed by atoms with Crippen molar-refractivity contribution in [2.75, 3.05) is 12.4 Å². The number of amides is 1. The standard InChI is InChI=1S/C16H13N5O3/c1-23-11-2-5-20-15(7-11)21-16(22)14-6-12(3-4-19-14)24-13-8-17-10-18-9-13/h2-10H,1H3,(H,20,21,22). The van der Waals surface area contributed by atoms with Gasteiger partial charge in [-0.3, -0.25) is 9.78 Å². The fourth-order valence-electron chi connectivity index (χ4n) is 1.86. The molecule has 0 aliphatic rings.